The van der Waals surface area contributed by atoms with E-state index in [4.69, 9.17) is 23.2 Å². The first-order valence-electron chi connectivity index (χ1n) is 7.44. The van der Waals surface area contributed by atoms with Crippen LogP contribution in [0.15, 0.2) is 54.7 Å². The number of rotatable bonds is 4. The lowest BCUT2D eigenvalue weighted by Crippen LogP contribution is -2.06. The van der Waals surface area contributed by atoms with Crippen molar-refractivity contribution >= 4 is 28.4 Å². The SMILES string of the molecule is O=C(Cl)Cc1cn(-c2cccc(C(F)(F)F)c2)nc1-c1ccc(Cl)cc1. The van der Waals surface area contributed by atoms with E-state index < -0.39 is 17.0 Å². The van der Waals surface area contributed by atoms with Gasteiger partial charge in [0, 0.05) is 22.3 Å². The Labute approximate surface area is 157 Å². The summed E-state index contributed by atoms with van der Waals surface area (Å²) in [5.74, 6) is 0. The molecule has 0 N–H and O–H groups in total. The lowest BCUT2D eigenvalue weighted by atomic mass is 10.1. The Kier molecular flexibility index (Phi) is 5.07. The fourth-order valence-corrected chi connectivity index (χ4v) is 2.77. The second-order valence-electron chi connectivity index (χ2n) is 5.53. The molecule has 0 spiro atoms. The monoisotopic (exact) mass is 398 g/mol. The molecule has 0 fully saturated rings. The second kappa shape index (κ2) is 7.13. The van der Waals surface area contributed by atoms with Crippen LogP contribution in [-0.4, -0.2) is 15.0 Å². The highest BCUT2D eigenvalue weighted by atomic mass is 35.5. The Morgan fingerprint density at radius 1 is 1.12 bits per heavy atom. The summed E-state index contributed by atoms with van der Waals surface area (Å²) in [6, 6.07) is 11.5. The van der Waals surface area contributed by atoms with Crippen molar-refractivity contribution in [3.63, 3.8) is 0 Å². The van der Waals surface area contributed by atoms with Gasteiger partial charge in [0.1, 0.15) is 0 Å². The predicted molar refractivity (Wildman–Crippen MR) is 93.6 cm³/mol. The van der Waals surface area contributed by atoms with Gasteiger partial charge in [-0.15, -0.1) is 0 Å². The highest BCUT2D eigenvalue weighted by Crippen LogP contribution is 2.31. The van der Waals surface area contributed by atoms with E-state index in [0.29, 0.717) is 21.8 Å². The molecule has 3 rings (SSSR count). The molecule has 0 saturated carbocycles. The Hall–Kier alpha value is -2.31. The van der Waals surface area contributed by atoms with Crippen molar-refractivity contribution in [2.75, 3.05) is 0 Å². The number of carbonyl (C=O) groups is 1. The molecule has 0 amide bonds. The first-order chi connectivity index (χ1) is 12.2. The van der Waals surface area contributed by atoms with E-state index in [-0.39, 0.29) is 12.1 Å². The van der Waals surface area contributed by atoms with Crippen molar-refractivity contribution in [3.8, 4) is 16.9 Å². The van der Waals surface area contributed by atoms with Gasteiger partial charge in [-0.1, -0.05) is 29.8 Å². The average Bonchev–Trinajstić information content (AvgIpc) is 2.98. The smallest absolute Gasteiger partial charge is 0.281 e. The van der Waals surface area contributed by atoms with E-state index in [1.54, 1.807) is 24.3 Å². The summed E-state index contributed by atoms with van der Waals surface area (Å²) in [7, 11) is 0. The number of benzene rings is 2. The van der Waals surface area contributed by atoms with Gasteiger partial charge in [0.05, 0.1) is 23.4 Å². The third kappa shape index (κ3) is 4.08. The lowest BCUT2D eigenvalue weighted by Gasteiger charge is -2.08. The summed E-state index contributed by atoms with van der Waals surface area (Å²) >= 11 is 11.4. The standard InChI is InChI=1S/C18H11Cl2F3N2O/c19-14-6-4-11(5-7-14)17-12(8-16(20)26)10-25(24-17)15-3-1-2-13(9-15)18(21,22)23/h1-7,9-10H,8H2. The van der Waals surface area contributed by atoms with Crippen molar-refractivity contribution in [2.45, 2.75) is 12.6 Å². The van der Waals surface area contributed by atoms with Crippen molar-refractivity contribution in [3.05, 3.63) is 70.9 Å². The van der Waals surface area contributed by atoms with Gasteiger partial charge in [-0.05, 0) is 41.9 Å². The van der Waals surface area contributed by atoms with Gasteiger partial charge in [0.2, 0.25) is 5.24 Å². The van der Waals surface area contributed by atoms with Gasteiger partial charge < -0.3 is 0 Å². The quantitative estimate of drug-likeness (QED) is 0.542. The molecule has 0 aliphatic rings. The van der Waals surface area contributed by atoms with Crippen molar-refractivity contribution in [2.24, 2.45) is 0 Å². The number of hydrogen-bond acceptors (Lipinski definition) is 2. The van der Waals surface area contributed by atoms with Crippen LogP contribution < -0.4 is 0 Å². The first kappa shape index (κ1) is 18.5. The molecule has 0 unspecified atom stereocenters. The minimum absolute atomic E-state index is 0.0987. The van der Waals surface area contributed by atoms with E-state index in [1.807, 2.05) is 0 Å². The van der Waals surface area contributed by atoms with Crippen LogP contribution in [0.1, 0.15) is 11.1 Å². The third-order valence-corrected chi connectivity index (χ3v) is 4.06. The maximum Gasteiger partial charge on any atom is 0.416 e. The number of nitrogens with zero attached hydrogens (tertiary/aromatic N) is 2. The van der Waals surface area contributed by atoms with Crippen LogP contribution in [0.5, 0.6) is 0 Å². The fourth-order valence-electron chi connectivity index (χ4n) is 2.50. The predicted octanol–water partition coefficient (Wildman–Crippen LogP) is 5.52. The van der Waals surface area contributed by atoms with Gasteiger partial charge in [-0.2, -0.15) is 18.3 Å². The maximum absolute atomic E-state index is 12.9. The molecule has 0 bridgehead atoms. The van der Waals surface area contributed by atoms with Gasteiger partial charge >= 0.3 is 6.18 Å². The molecule has 134 valence electrons. The highest BCUT2D eigenvalue weighted by molar-refractivity contribution is 6.63. The van der Waals surface area contributed by atoms with Crippen molar-refractivity contribution in [1.29, 1.82) is 0 Å². The van der Waals surface area contributed by atoms with Crippen LogP contribution in [0, 0.1) is 0 Å². The zero-order chi connectivity index (χ0) is 18.9. The summed E-state index contributed by atoms with van der Waals surface area (Å²) in [4.78, 5) is 11.3. The zero-order valence-electron chi connectivity index (χ0n) is 13.1. The van der Waals surface area contributed by atoms with Crippen LogP contribution in [0.25, 0.3) is 16.9 Å². The summed E-state index contributed by atoms with van der Waals surface area (Å²) in [5.41, 5.74) is 1.07. The molecule has 0 saturated heterocycles. The molecule has 26 heavy (non-hydrogen) atoms. The van der Waals surface area contributed by atoms with Gasteiger partial charge in [0.15, 0.2) is 0 Å². The van der Waals surface area contributed by atoms with Crippen LogP contribution >= 0.6 is 23.2 Å². The van der Waals surface area contributed by atoms with Crippen LogP contribution in [0.4, 0.5) is 13.2 Å². The molecule has 3 aromatic rings. The van der Waals surface area contributed by atoms with E-state index in [1.165, 1.54) is 23.0 Å². The average molecular weight is 399 g/mol. The van der Waals surface area contributed by atoms with Crippen molar-refractivity contribution < 1.29 is 18.0 Å². The molecule has 1 aromatic heterocycles. The maximum atomic E-state index is 12.9. The summed E-state index contributed by atoms with van der Waals surface area (Å²) in [6.07, 6.45) is -3.06. The number of aromatic nitrogens is 2. The largest absolute Gasteiger partial charge is 0.416 e. The number of hydrogen-bond donors (Lipinski definition) is 0. The fraction of sp³-hybridized carbons (Fsp3) is 0.111. The van der Waals surface area contributed by atoms with Gasteiger partial charge in [-0.3, -0.25) is 4.79 Å². The van der Waals surface area contributed by atoms with Crippen LogP contribution in [0.3, 0.4) is 0 Å². The van der Waals surface area contributed by atoms with Crippen LogP contribution in [0.2, 0.25) is 5.02 Å². The van der Waals surface area contributed by atoms with E-state index in [9.17, 15) is 18.0 Å². The van der Waals surface area contributed by atoms with E-state index in [2.05, 4.69) is 5.10 Å². The van der Waals surface area contributed by atoms with Crippen LogP contribution in [-0.2, 0) is 17.4 Å². The minimum Gasteiger partial charge on any atom is -0.281 e. The van der Waals surface area contributed by atoms with E-state index in [0.717, 1.165) is 12.1 Å². The molecular formula is C18H11Cl2F3N2O. The molecule has 8 heteroatoms. The van der Waals surface area contributed by atoms with Crippen molar-refractivity contribution in [1.82, 2.24) is 9.78 Å². The molecule has 3 nitrogen and oxygen atoms in total. The lowest BCUT2D eigenvalue weighted by molar-refractivity contribution is -0.137. The number of halogens is 5. The molecule has 0 aliphatic heterocycles. The highest BCUT2D eigenvalue weighted by Gasteiger charge is 2.30. The Morgan fingerprint density at radius 3 is 2.42 bits per heavy atom. The molecule has 0 aliphatic carbocycles. The summed E-state index contributed by atoms with van der Waals surface area (Å²) in [5, 5.41) is 4.29. The number of alkyl halides is 3. The molecule has 0 atom stereocenters. The normalized spacial score (nSPS) is 11.6. The molecular weight excluding hydrogens is 388 g/mol. The second-order valence-corrected chi connectivity index (χ2v) is 6.39. The third-order valence-electron chi connectivity index (χ3n) is 3.68. The Balaban J connectivity index is 2.09. The number of carbonyl (C=O) groups excluding carboxylic acids is 1. The molecule has 2 aromatic carbocycles. The first-order valence-corrected chi connectivity index (χ1v) is 8.20. The Bertz CT molecular complexity index is 950. The summed E-state index contributed by atoms with van der Waals surface area (Å²) in [6.45, 7) is 0. The Morgan fingerprint density at radius 2 is 1.81 bits per heavy atom. The topological polar surface area (TPSA) is 34.9 Å². The van der Waals surface area contributed by atoms with Gasteiger partial charge in [0.25, 0.3) is 0 Å². The van der Waals surface area contributed by atoms with E-state index >= 15 is 0 Å². The summed E-state index contributed by atoms with van der Waals surface area (Å²) < 4.78 is 40.1. The minimum atomic E-state index is -4.46. The molecule has 0 radical (unpaired) electrons. The van der Waals surface area contributed by atoms with Gasteiger partial charge in [-0.25, -0.2) is 4.68 Å². The molecule has 1 heterocycles. The zero-order valence-corrected chi connectivity index (χ0v) is 14.6.